The lowest BCUT2D eigenvalue weighted by Crippen LogP contribution is -2.23. The highest BCUT2D eigenvalue weighted by atomic mass is 16.6. The van der Waals surface area contributed by atoms with E-state index < -0.39 is 4.92 Å². The number of hydrogen-bond donors (Lipinski definition) is 1. The zero-order valence-corrected chi connectivity index (χ0v) is 17.5. The predicted molar refractivity (Wildman–Crippen MR) is 121 cm³/mol. The van der Waals surface area contributed by atoms with Crippen LogP contribution in [-0.2, 0) is 17.9 Å². The second kappa shape index (κ2) is 9.43. The molecule has 3 aromatic rings. The van der Waals surface area contributed by atoms with Crippen molar-refractivity contribution < 1.29 is 14.5 Å². The number of benzene rings is 3. The summed E-state index contributed by atoms with van der Waals surface area (Å²) in [6.45, 7) is 1.80. The number of carbonyl (C=O) groups excluding carboxylic acids is 2. The van der Waals surface area contributed by atoms with Gasteiger partial charge in [0.2, 0.25) is 5.91 Å². The highest BCUT2D eigenvalue weighted by Gasteiger charge is 2.20. The van der Waals surface area contributed by atoms with Crippen LogP contribution >= 0.6 is 0 Å². The zero-order chi connectivity index (χ0) is 22.5. The molecule has 0 saturated carbocycles. The maximum Gasteiger partial charge on any atom is 0.293 e. The highest BCUT2D eigenvalue weighted by molar-refractivity contribution is 6.09. The molecular formula is C25H23N3O4. The van der Waals surface area contributed by atoms with Crippen molar-refractivity contribution >= 4 is 23.1 Å². The Kier molecular flexibility index (Phi) is 6.26. The molecule has 0 spiro atoms. The van der Waals surface area contributed by atoms with Crippen LogP contribution in [0.3, 0.4) is 0 Å². The lowest BCUT2D eigenvalue weighted by atomic mass is 10.0. The highest BCUT2D eigenvalue weighted by Crippen LogP contribution is 2.27. The lowest BCUT2D eigenvalue weighted by molar-refractivity contribution is -0.384. The van der Waals surface area contributed by atoms with Crippen molar-refractivity contribution in [1.82, 2.24) is 4.90 Å². The first kappa shape index (κ1) is 21.2. The molecule has 4 rings (SSSR count). The van der Waals surface area contributed by atoms with Crippen LogP contribution in [0.25, 0.3) is 0 Å². The van der Waals surface area contributed by atoms with E-state index in [0.717, 1.165) is 24.1 Å². The number of nitrogens with zero attached hydrogens (tertiary/aromatic N) is 2. The molecule has 0 radical (unpaired) electrons. The van der Waals surface area contributed by atoms with Crippen LogP contribution < -0.4 is 5.32 Å². The number of nitrogens with one attached hydrogen (secondary N) is 1. The molecule has 7 heteroatoms. The van der Waals surface area contributed by atoms with Gasteiger partial charge in [0.25, 0.3) is 5.69 Å². The summed E-state index contributed by atoms with van der Waals surface area (Å²) in [4.78, 5) is 37.4. The van der Waals surface area contributed by atoms with Crippen molar-refractivity contribution in [2.24, 2.45) is 0 Å². The van der Waals surface area contributed by atoms with Crippen molar-refractivity contribution in [1.29, 1.82) is 0 Å². The van der Waals surface area contributed by atoms with Crippen LogP contribution in [0, 0.1) is 10.1 Å². The normalized spacial score (nSPS) is 13.2. The summed E-state index contributed by atoms with van der Waals surface area (Å²) in [5.74, 6) is -0.0652. The van der Waals surface area contributed by atoms with Gasteiger partial charge in [-0.25, -0.2) is 0 Å². The third kappa shape index (κ3) is 4.83. The van der Waals surface area contributed by atoms with E-state index in [1.807, 2.05) is 35.2 Å². The average molecular weight is 429 g/mol. The first-order valence-electron chi connectivity index (χ1n) is 10.5. The molecule has 1 saturated heterocycles. The summed E-state index contributed by atoms with van der Waals surface area (Å²) >= 11 is 0. The third-order valence-corrected chi connectivity index (χ3v) is 5.54. The van der Waals surface area contributed by atoms with Gasteiger partial charge in [0, 0.05) is 43.2 Å². The number of rotatable bonds is 8. The number of likely N-dealkylation sites (tertiary alicyclic amines) is 1. The Morgan fingerprint density at radius 3 is 2.34 bits per heavy atom. The van der Waals surface area contributed by atoms with Crippen LogP contribution in [0.15, 0.2) is 72.8 Å². The van der Waals surface area contributed by atoms with Gasteiger partial charge >= 0.3 is 0 Å². The van der Waals surface area contributed by atoms with Crippen molar-refractivity contribution in [2.75, 3.05) is 11.9 Å². The first-order chi connectivity index (χ1) is 15.5. The lowest BCUT2D eigenvalue weighted by Gasteiger charge is -2.15. The minimum atomic E-state index is -0.486. The number of nitro groups is 1. The van der Waals surface area contributed by atoms with E-state index in [2.05, 4.69) is 5.32 Å². The molecule has 1 amide bonds. The number of nitro benzene ring substituents is 1. The van der Waals surface area contributed by atoms with Crippen LogP contribution in [0.1, 0.15) is 39.9 Å². The fourth-order valence-corrected chi connectivity index (χ4v) is 3.78. The molecule has 1 aliphatic heterocycles. The summed E-state index contributed by atoms with van der Waals surface area (Å²) in [6.07, 6.45) is 1.53. The molecule has 32 heavy (non-hydrogen) atoms. The molecule has 3 aromatic carbocycles. The third-order valence-electron chi connectivity index (χ3n) is 5.54. The van der Waals surface area contributed by atoms with Crippen LogP contribution in [0.4, 0.5) is 11.4 Å². The Bertz CT molecular complexity index is 1140. The molecule has 0 bridgehead atoms. The summed E-state index contributed by atoms with van der Waals surface area (Å²) in [7, 11) is 0. The second-order valence-electron chi connectivity index (χ2n) is 7.77. The minimum absolute atomic E-state index is 0.143. The van der Waals surface area contributed by atoms with Gasteiger partial charge in [-0.15, -0.1) is 0 Å². The molecule has 162 valence electrons. The molecule has 1 aliphatic rings. The molecule has 7 nitrogen and oxygen atoms in total. The minimum Gasteiger partial charge on any atom is -0.375 e. The summed E-state index contributed by atoms with van der Waals surface area (Å²) in [5, 5.41) is 14.7. The van der Waals surface area contributed by atoms with E-state index in [9.17, 15) is 19.7 Å². The smallest absolute Gasteiger partial charge is 0.293 e. The Morgan fingerprint density at radius 2 is 1.69 bits per heavy atom. The Hall–Kier alpha value is -4.00. The van der Waals surface area contributed by atoms with Crippen LogP contribution in [0.5, 0.6) is 0 Å². The van der Waals surface area contributed by atoms with Crippen LogP contribution in [-0.4, -0.2) is 28.1 Å². The molecule has 1 heterocycles. The zero-order valence-electron chi connectivity index (χ0n) is 17.5. The van der Waals surface area contributed by atoms with E-state index in [-0.39, 0.29) is 22.9 Å². The van der Waals surface area contributed by atoms with Gasteiger partial charge in [-0.1, -0.05) is 54.6 Å². The fourth-order valence-electron chi connectivity index (χ4n) is 3.78. The van der Waals surface area contributed by atoms with Gasteiger partial charge in [0.05, 0.1) is 4.92 Å². The molecule has 0 unspecified atom stereocenters. The van der Waals surface area contributed by atoms with E-state index in [0.29, 0.717) is 30.8 Å². The van der Waals surface area contributed by atoms with Gasteiger partial charge in [-0.2, -0.15) is 0 Å². The van der Waals surface area contributed by atoms with Crippen molar-refractivity contribution in [3.05, 3.63) is 105 Å². The predicted octanol–water partition coefficient (Wildman–Crippen LogP) is 4.56. The monoisotopic (exact) mass is 429 g/mol. The molecule has 0 atom stereocenters. The number of ketones is 1. The molecule has 1 fully saturated rings. The van der Waals surface area contributed by atoms with Gasteiger partial charge in [-0.3, -0.25) is 19.7 Å². The van der Waals surface area contributed by atoms with Gasteiger partial charge in [-0.05, 0) is 29.7 Å². The number of hydrogen-bond acceptors (Lipinski definition) is 5. The van der Waals surface area contributed by atoms with Crippen molar-refractivity contribution in [3.8, 4) is 0 Å². The number of amides is 1. The van der Waals surface area contributed by atoms with Gasteiger partial charge < -0.3 is 10.2 Å². The van der Waals surface area contributed by atoms with Gasteiger partial charge in [0.15, 0.2) is 5.78 Å². The quantitative estimate of drug-likeness (QED) is 0.322. The maximum atomic E-state index is 12.6. The van der Waals surface area contributed by atoms with E-state index in [4.69, 9.17) is 0 Å². The Balaban J connectivity index is 1.44. The summed E-state index contributed by atoms with van der Waals surface area (Å²) < 4.78 is 0. The van der Waals surface area contributed by atoms with Crippen LogP contribution in [0.2, 0.25) is 0 Å². The molecule has 1 N–H and O–H groups in total. The van der Waals surface area contributed by atoms with E-state index >= 15 is 0 Å². The van der Waals surface area contributed by atoms with Gasteiger partial charge in [0.1, 0.15) is 5.69 Å². The maximum absolute atomic E-state index is 12.6. The molecule has 0 aromatic heterocycles. The van der Waals surface area contributed by atoms with Crippen molar-refractivity contribution in [2.45, 2.75) is 25.9 Å². The topological polar surface area (TPSA) is 92.6 Å². The first-order valence-corrected chi connectivity index (χ1v) is 10.5. The SMILES string of the molecule is O=C(c1ccccc1)c1ccc(NCc2ccc(CN3CCCC3=O)cc2)c([N+](=O)[O-])c1. The largest absolute Gasteiger partial charge is 0.375 e. The number of carbonyl (C=O) groups is 2. The summed E-state index contributed by atoms with van der Waals surface area (Å²) in [5.41, 5.74) is 2.98. The van der Waals surface area contributed by atoms with Crippen molar-refractivity contribution in [3.63, 3.8) is 0 Å². The standard InChI is InChI=1S/C25H23N3O4/c29-24-7-4-14-27(24)17-19-10-8-18(9-11-19)16-26-22-13-12-21(15-23(22)28(31)32)25(30)20-5-2-1-3-6-20/h1-3,5-6,8-13,15,26H,4,7,14,16-17H2. The van der Waals surface area contributed by atoms with E-state index in [1.165, 1.54) is 6.07 Å². The second-order valence-corrected chi connectivity index (χ2v) is 7.77. The molecule has 0 aliphatic carbocycles. The Morgan fingerprint density at radius 1 is 0.969 bits per heavy atom. The van der Waals surface area contributed by atoms with E-state index in [1.54, 1.807) is 36.4 Å². The molecular weight excluding hydrogens is 406 g/mol. The summed E-state index contributed by atoms with van der Waals surface area (Å²) in [6, 6.07) is 21.0. The average Bonchev–Trinajstić information content (AvgIpc) is 3.22. The Labute approximate surface area is 185 Å². The fraction of sp³-hybridized carbons (Fsp3) is 0.200. The number of anilines is 1.